The summed E-state index contributed by atoms with van der Waals surface area (Å²) in [4.78, 5) is 12.4. The highest BCUT2D eigenvalue weighted by Crippen LogP contribution is 2.59. The van der Waals surface area contributed by atoms with Crippen molar-refractivity contribution in [1.29, 1.82) is 0 Å². The predicted octanol–water partition coefficient (Wildman–Crippen LogP) is 3.06. The molecular formula is C26H38N2O5. The van der Waals surface area contributed by atoms with Gasteiger partial charge in [-0.2, -0.15) is 0 Å². The third-order valence-corrected chi connectivity index (χ3v) is 9.11. The highest BCUT2D eigenvalue weighted by atomic mass is 16.6. The van der Waals surface area contributed by atoms with Gasteiger partial charge >= 0.3 is 6.09 Å². The fourth-order valence-corrected chi connectivity index (χ4v) is 7.26. The van der Waals surface area contributed by atoms with E-state index < -0.39 is 6.09 Å². The summed E-state index contributed by atoms with van der Waals surface area (Å²) >= 11 is 0. The third-order valence-electron chi connectivity index (χ3n) is 9.11. The summed E-state index contributed by atoms with van der Waals surface area (Å²) in [6.45, 7) is 7.20. The zero-order valence-corrected chi connectivity index (χ0v) is 19.8. The molecule has 182 valence electrons. The van der Waals surface area contributed by atoms with Gasteiger partial charge < -0.3 is 30.0 Å². The number of alkyl carbamates (subject to hydrolysis) is 1. The number of aliphatic hydroxyl groups is 1. The van der Waals surface area contributed by atoms with Crippen molar-refractivity contribution >= 4 is 6.09 Å². The van der Waals surface area contributed by atoms with E-state index >= 15 is 0 Å². The fraction of sp³-hybridized carbons (Fsp3) is 0.731. The quantitative estimate of drug-likeness (QED) is 0.434. The van der Waals surface area contributed by atoms with Crippen LogP contribution in [0, 0.1) is 23.2 Å². The lowest BCUT2D eigenvalue weighted by Crippen LogP contribution is -2.45. The van der Waals surface area contributed by atoms with Gasteiger partial charge in [-0.05, 0) is 80.4 Å². The largest absolute Gasteiger partial charge is 0.412 e. The minimum absolute atomic E-state index is 0.0482. The average Bonchev–Trinajstić information content (AvgIpc) is 3.47. The molecule has 7 nitrogen and oxygen atoms in total. The zero-order valence-electron chi connectivity index (χ0n) is 19.8. The van der Waals surface area contributed by atoms with Gasteiger partial charge in [0.05, 0.1) is 31.4 Å². The van der Waals surface area contributed by atoms with Gasteiger partial charge in [-0.15, -0.1) is 0 Å². The molecular weight excluding hydrogens is 420 g/mol. The summed E-state index contributed by atoms with van der Waals surface area (Å²) in [6.07, 6.45) is 11.8. The van der Waals surface area contributed by atoms with Crippen molar-refractivity contribution in [2.45, 2.75) is 75.8 Å². The third kappa shape index (κ3) is 4.18. The van der Waals surface area contributed by atoms with E-state index in [4.69, 9.17) is 14.2 Å². The van der Waals surface area contributed by atoms with Crippen LogP contribution in [-0.4, -0.2) is 61.9 Å². The normalized spacial score (nSPS) is 44.2. The number of ether oxygens (including phenoxy) is 3. The number of nitrogens with one attached hydrogen (secondary N) is 2. The highest BCUT2D eigenvalue weighted by Gasteiger charge is 2.54. The molecule has 0 aromatic rings. The molecule has 2 aliphatic heterocycles. The van der Waals surface area contributed by atoms with Crippen molar-refractivity contribution in [3.05, 3.63) is 36.1 Å². The molecule has 33 heavy (non-hydrogen) atoms. The first-order valence-electron chi connectivity index (χ1n) is 12.5. The minimum atomic E-state index is -0.528. The van der Waals surface area contributed by atoms with Gasteiger partial charge in [0.2, 0.25) is 0 Å². The molecule has 9 atom stereocenters. The van der Waals surface area contributed by atoms with E-state index in [1.165, 1.54) is 12.0 Å². The second-order valence-electron chi connectivity index (χ2n) is 10.7. The lowest BCUT2D eigenvalue weighted by atomic mass is 9.56. The van der Waals surface area contributed by atoms with Crippen LogP contribution in [0.5, 0.6) is 0 Å². The molecule has 2 heterocycles. The van der Waals surface area contributed by atoms with E-state index in [2.05, 4.69) is 36.3 Å². The highest BCUT2D eigenvalue weighted by molar-refractivity contribution is 5.69. The zero-order chi connectivity index (χ0) is 23.2. The van der Waals surface area contributed by atoms with Crippen LogP contribution in [0.3, 0.4) is 0 Å². The molecule has 5 rings (SSSR count). The lowest BCUT2D eigenvalue weighted by Gasteiger charge is -2.49. The van der Waals surface area contributed by atoms with Crippen LogP contribution < -0.4 is 10.6 Å². The SMILES string of the molecule is C=C(/C=C\C1=CCCC2C1CCC1(C)C(O)CCC21)OC(=O)NC1COC2C(NC)COC12. The predicted molar refractivity (Wildman–Crippen MR) is 124 cm³/mol. The number of hydrogen-bond acceptors (Lipinski definition) is 6. The number of carbonyl (C=O) groups is 1. The van der Waals surface area contributed by atoms with Gasteiger partial charge in [-0.3, -0.25) is 0 Å². The van der Waals surface area contributed by atoms with Crippen molar-refractivity contribution in [3.63, 3.8) is 0 Å². The molecule has 2 saturated carbocycles. The van der Waals surface area contributed by atoms with Crippen LogP contribution in [0.2, 0.25) is 0 Å². The molecule has 0 bridgehead atoms. The van der Waals surface area contributed by atoms with Gasteiger partial charge in [-0.25, -0.2) is 4.79 Å². The summed E-state index contributed by atoms with van der Waals surface area (Å²) in [6, 6.07) is -0.0776. The Morgan fingerprint density at radius 1 is 1.21 bits per heavy atom. The van der Waals surface area contributed by atoms with Crippen molar-refractivity contribution in [2.75, 3.05) is 20.3 Å². The summed E-state index contributed by atoms with van der Waals surface area (Å²) in [5.74, 6) is 2.08. The van der Waals surface area contributed by atoms with Crippen molar-refractivity contribution in [1.82, 2.24) is 10.6 Å². The Hall–Kier alpha value is -1.67. The van der Waals surface area contributed by atoms with Gasteiger partial charge in [0.15, 0.2) is 0 Å². The monoisotopic (exact) mass is 458 g/mol. The summed E-state index contributed by atoms with van der Waals surface area (Å²) < 4.78 is 17.0. The Morgan fingerprint density at radius 3 is 2.76 bits per heavy atom. The molecule has 9 unspecified atom stereocenters. The average molecular weight is 459 g/mol. The summed E-state index contributed by atoms with van der Waals surface area (Å²) in [5, 5.41) is 16.6. The molecule has 2 saturated heterocycles. The molecule has 0 aromatic heterocycles. The van der Waals surface area contributed by atoms with Crippen molar-refractivity contribution in [2.24, 2.45) is 23.2 Å². The molecule has 1 amide bonds. The van der Waals surface area contributed by atoms with Crippen LogP contribution in [0.1, 0.15) is 45.4 Å². The first kappa shape index (κ1) is 23.1. The van der Waals surface area contributed by atoms with Crippen molar-refractivity contribution in [3.8, 4) is 0 Å². The fourth-order valence-electron chi connectivity index (χ4n) is 7.26. The maximum atomic E-state index is 12.4. The number of amides is 1. The standard InChI is InChI=1S/C26H38N2O5/c1-15(33-25(30)28-21-14-32-23-20(27-3)13-31-24(21)23)7-8-16-5-4-6-18-17(16)11-12-26(2)19(18)9-10-22(26)29/h5,7-8,17-24,27,29H,1,4,6,9-14H2,2-3H3,(H,28,30)/b8-7-. The maximum absolute atomic E-state index is 12.4. The first-order chi connectivity index (χ1) is 15.9. The second-order valence-corrected chi connectivity index (χ2v) is 10.7. The Balaban J connectivity index is 1.15. The first-order valence-corrected chi connectivity index (χ1v) is 12.5. The molecule has 7 heteroatoms. The molecule has 0 aromatic carbocycles. The van der Waals surface area contributed by atoms with E-state index in [0.29, 0.717) is 36.7 Å². The number of allylic oxidation sites excluding steroid dienone is 4. The molecule has 3 N–H and O–H groups in total. The van der Waals surface area contributed by atoms with Gasteiger partial charge in [0.1, 0.15) is 18.0 Å². The van der Waals surface area contributed by atoms with Crippen LogP contribution in [-0.2, 0) is 14.2 Å². The minimum Gasteiger partial charge on any atom is -0.411 e. The van der Waals surface area contributed by atoms with Crippen molar-refractivity contribution < 1.29 is 24.1 Å². The molecule has 3 aliphatic carbocycles. The van der Waals surface area contributed by atoms with E-state index in [0.717, 1.165) is 32.1 Å². The molecule has 5 aliphatic rings. The van der Waals surface area contributed by atoms with Gasteiger partial charge in [0.25, 0.3) is 0 Å². The van der Waals surface area contributed by atoms with Gasteiger partial charge in [-0.1, -0.05) is 25.7 Å². The maximum Gasteiger partial charge on any atom is 0.412 e. The molecule has 4 fully saturated rings. The molecule has 0 spiro atoms. The van der Waals surface area contributed by atoms with E-state index in [-0.39, 0.29) is 35.8 Å². The Morgan fingerprint density at radius 2 is 1.97 bits per heavy atom. The van der Waals surface area contributed by atoms with E-state index in [1.54, 1.807) is 0 Å². The van der Waals surface area contributed by atoms with Crippen LogP contribution in [0.15, 0.2) is 36.1 Å². The number of aliphatic hydroxyl groups excluding tert-OH is 1. The number of fused-ring (bicyclic) bond motifs is 4. The second kappa shape index (κ2) is 9.17. The summed E-state index contributed by atoms with van der Waals surface area (Å²) in [5.41, 5.74) is 1.40. The molecule has 0 radical (unpaired) electrons. The number of hydrogen-bond donors (Lipinski definition) is 3. The van der Waals surface area contributed by atoms with Gasteiger partial charge in [0, 0.05) is 0 Å². The number of likely N-dealkylation sites (N-methyl/N-ethyl adjacent to an activating group) is 1. The van der Waals surface area contributed by atoms with Crippen LogP contribution in [0.25, 0.3) is 0 Å². The number of rotatable bonds is 5. The Labute approximate surface area is 196 Å². The van der Waals surface area contributed by atoms with E-state index in [1.807, 2.05) is 13.1 Å². The van der Waals surface area contributed by atoms with Crippen LogP contribution >= 0.6 is 0 Å². The smallest absolute Gasteiger partial charge is 0.411 e. The lowest BCUT2D eigenvalue weighted by molar-refractivity contribution is -0.0292. The topological polar surface area (TPSA) is 89.1 Å². The van der Waals surface area contributed by atoms with Crippen LogP contribution in [0.4, 0.5) is 4.79 Å². The summed E-state index contributed by atoms with van der Waals surface area (Å²) in [7, 11) is 1.89. The number of carbonyl (C=O) groups excluding carboxylic acids is 1. The van der Waals surface area contributed by atoms with E-state index in [9.17, 15) is 9.90 Å². The Bertz CT molecular complexity index is 841. The Kier molecular flexibility index (Phi) is 6.42.